The molecule has 4 nitrogen and oxygen atoms in total. The standard InChI is InChI=1S/C23H34FN3O/c1-2-12-25-23(28)18-20-9-7-19(8-10-20)11-13-26-14-16-27(17-15-26)22-6-4-3-5-21(22)24/h3-6,18-19H,2,7-17H2,1H3,(H,25,28). The molecule has 0 spiro atoms. The smallest absolute Gasteiger partial charge is 0.243 e. The number of hydrogen-bond donors (Lipinski definition) is 1. The fourth-order valence-electron chi connectivity index (χ4n) is 4.25. The predicted molar refractivity (Wildman–Crippen MR) is 113 cm³/mol. The van der Waals surface area contributed by atoms with Gasteiger partial charge in [-0.25, -0.2) is 4.39 Å². The van der Waals surface area contributed by atoms with Crippen LogP contribution in [0.1, 0.15) is 45.4 Å². The van der Waals surface area contributed by atoms with Gasteiger partial charge in [0.2, 0.25) is 5.91 Å². The molecule has 1 saturated heterocycles. The highest BCUT2D eigenvalue weighted by Crippen LogP contribution is 2.30. The number of carbonyl (C=O) groups is 1. The molecule has 0 unspecified atom stereocenters. The summed E-state index contributed by atoms with van der Waals surface area (Å²) in [6.45, 7) is 7.75. The number of allylic oxidation sites excluding steroid dienone is 1. The zero-order valence-corrected chi connectivity index (χ0v) is 17.1. The van der Waals surface area contributed by atoms with Gasteiger partial charge < -0.3 is 10.2 Å². The summed E-state index contributed by atoms with van der Waals surface area (Å²) in [4.78, 5) is 16.5. The molecule has 1 saturated carbocycles. The van der Waals surface area contributed by atoms with Crippen LogP contribution >= 0.6 is 0 Å². The molecule has 1 amide bonds. The molecule has 0 atom stereocenters. The van der Waals surface area contributed by atoms with Crippen molar-refractivity contribution < 1.29 is 9.18 Å². The van der Waals surface area contributed by atoms with Crippen molar-refractivity contribution in [1.82, 2.24) is 10.2 Å². The maximum Gasteiger partial charge on any atom is 0.243 e. The Bertz CT molecular complexity index is 658. The van der Waals surface area contributed by atoms with E-state index in [1.807, 2.05) is 18.2 Å². The molecule has 154 valence electrons. The molecule has 1 aromatic carbocycles. The summed E-state index contributed by atoms with van der Waals surface area (Å²) in [5.74, 6) is 0.717. The van der Waals surface area contributed by atoms with E-state index in [1.54, 1.807) is 12.1 Å². The molecule has 28 heavy (non-hydrogen) atoms. The van der Waals surface area contributed by atoms with Crippen molar-refractivity contribution in [3.63, 3.8) is 0 Å². The molecular formula is C23H34FN3O. The monoisotopic (exact) mass is 387 g/mol. The Morgan fingerprint density at radius 2 is 1.89 bits per heavy atom. The number of benzene rings is 1. The van der Waals surface area contributed by atoms with Crippen molar-refractivity contribution in [2.45, 2.75) is 45.4 Å². The lowest BCUT2D eigenvalue weighted by molar-refractivity contribution is -0.116. The Hall–Kier alpha value is -1.88. The van der Waals surface area contributed by atoms with Crippen LogP contribution in [0.3, 0.4) is 0 Å². The van der Waals surface area contributed by atoms with E-state index in [4.69, 9.17) is 0 Å². The van der Waals surface area contributed by atoms with E-state index in [0.717, 1.165) is 70.1 Å². The molecule has 0 radical (unpaired) electrons. The lowest BCUT2D eigenvalue weighted by Crippen LogP contribution is -2.47. The second-order valence-corrected chi connectivity index (χ2v) is 8.11. The van der Waals surface area contributed by atoms with E-state index in [0.29, 0.717) is 0 Å². The molecule has 0 aromatic heterocycles. The van der Waals surface area contributed by atoms with Crippen LogP contribution in [0.2, 0.25) is 0 Å². The second-order valence-electron chi connectivity index (χ2n) is 8.11. The number of hydrogen-bond acceptors (Lipinski definition) is 3. The third-order valence-corrected chi connectivity index (χ3v) is 6.05. The van der Waals surface area contributed by atoms with Crippen molar-refractivity contribution in [3.05, 3.63) is 41.7 Å². The van der Waals surface area contributed by atoms with E-state index in [1.165, 1.54) is 24.8 Å². The first kappa shape index (κ1) is 20.8. The highest BCUT2D eigenvalue weighted by Gasteiger charge is 2.22. The van der Waals surface area contributed by atoms with Crippen LogP contribution < -0.4 is 10.2 Å². The Morgan fingerprint density at radius 3 is 2.57 bits per heavy atom. The molecule has 1 heterocycles. The molecule has 1 aromatic rings. The lowest BCUT2D eigenvalue weighted by Gasteiger charge is -2.37. The third kappa shape index (κ3) is 6.06. The van der Waals surface area contributed by atoms with Gasteiger partial charge in [-0.3, -0.25) is 9.69 Å². The normalized spacial score (nSPS) is 20.9. The number of carbonyl (C=O) groups excluding carboxylic acids is 1. The maximum absolute atomic E-state index is 13.9. The summed E-state index contributed by atoms with van der Waals surface area (Å²) in [7, 11) is 0. The first-order valence-corrected chi connectivity index (χ1v) is 10.8. The number of amides is 1. The van der Waals surface area contributed by atoms with Crippen molar-refractivity contribution in [3.8, 4) is 0 Å². The number of halogens is 1. The molecule has 1 N–H and O–H groups in total. The van der Waals surface area contributed by atoms with Crippen LogP contribution in [0.25, 0.3) is 0 Å². The average molecular weight is 388 g/mol. The topological polar surface area (TPSA) is 35.6 Å². The highest BCUT2D eigenvalue weighted by molar-refractivity contribution is 5.88. The zero-order chi connectivity index (χ0) is 19.8. The van der Waals surface area contributed by atoms with Crippen LogP contribution in [0, 0.1) is 11.7 Å². The number of piperazine rings is 1. The summed E-state index contributed by atoms with van der Waals surface area (Å²) in [6, 6.07) is 7.07. The van der Waals surface area contributed by atoms with Gasteiger partial charge in [0.05, 0.1) is 5.69 Å². The molecule has 3 rings (SSSR count). The van der Waals surface area contributed by atoms with Gasteiger partial charge in [-0.2, -0.15) is 0 Å². The van der Waals surface area contributed by atoms with Crippen molar-refractivity contribution in [2.24, 2.45) is 5.92 Å². The SMILES string of the molecule is CCCNC(=O)C=C1CCC(CCN2CCN(c3ccccc3F)CC2)CC1. The molecule has 5 heteroatoms. The quantitative estimate of drug-likeness (QED) is 0.719. The van der Waals surface area contributed by atoms with Gasteiger partial charge in [0.15, 0.2) is 0 Å². The van der Waals surface area contributed by atoms with Crippen molar-refractivity contribution >= 4 is 11.6 Å². The van der Waals surface area contributed by atoms with E-state index < -0.39 is 0 Å². The molecule has 1 aliphatic heterocycles. The minimum atomic E-state index is -0.120. The minimum absolute atomic E-state index is 0.0722. The molecule has 2 aliphatic rings. The number of nitrogens with one attached hydrogen (secondary N) is 1. The van der Waals surface area contributed by atoms with Crippen LogP contribution in [0.4, 0.5) is 10.1 Å². The minimum Gasteiger partial charge on any atom is -0.367 e. The summed E-state index contributed by atoms with van der Waals surface area (Å²) in [6.07, 6.45) is 8.55. The number of rotatable bonds is 7. The Kier molecular flexibility index (Phi) is 7.90. The summed E-state index contributed by atoms with van der Waals surface area (Å²) >= 11 is 0. The first-order chi connectivity index (χ1) is 13.7. The van der Waals surface area contributed by atoms with Gasteiger partial charge in [-0.05, 0) is 63.1 Å². The van der Waals surface area contributed by atoms with Gasteiger partial charge in [0.25, 0.3) is 0 Å². The Labute approximate surface area is 168 Å². The molecule has 0 bridgehead atoms. The third-order valence-electron chi connectivity index (χ3n) is 6.05. The van der Waals surface area contributed by atoms with Gasteiger partial charge in [-0.1, -0.05) is 24.6 Å². The molecule has 2 fully saturated rings. The first-order valence-electron chi connectivity index (χ1n) is 10.8. The van der Waals surface area contributed by atoms with Crippen LogP contribution in [-0.4, -0.2) is 50.1 Å². The largest absolute Gasteiger partial charge is 0.367 e. The van der Waals surface area contributed by atoms with Gasteiger partial charge in [-0.15, -0.1) is 0 Å². The molecule has 1 aliphatic carbocycles. The average Bonchev–Trinajstić information content (AvgIpc) is 2.72. The number of anilines is 1. The van der Waals surface area contributed by atoms with Crippen LogP contribution in [0.15, 0.2) is 35.9 Å². The lowest BCUT2D eigenvalue weighted by atomic mass is 9.83. The van der Waals surface area contributed by atoms with Gasteiger partial charge in [0, 0.05) is 38.8 Å². The van der Waals surface area contributed by atoms with E-state index in [2.05, 4.69) is 22.0 Å². The fraction of sp³-hybridized carbons (Fsp3) is 0.609. The van der Waals surface area contributed by atoms with Gasteiger partial charge >= 0.3 is 0 Å². The van der Waals surface area contributed by atoms with Crippen LogP contribution in [0.5, 0.6) is 0 Å². The molecular weight excluding hydrogens is 353 g/mol. The Balaban J connectivity index is 1.35. The van der Waals surface area contributed by atoms with Crippen molar-refractivity contribution in [2.75, 3.05) is 44.2 Å². The van der Waals surface area contributed by atoms with E-state index in [-0.39, 0.29) is 11.7 Å². The van der Waals surface area contributed by atoms with Gasteiger partial charge in [0.1, 0.15) is 5.82 Å². The highest BCUT2D eigenvalue weighted by atomic mass is 19.1. The fourth-order valence-corrected chi connectivity index (χ4v) is 4.25. The Morgan fingerprint density at radius 1 is 1.18 bits per heavy atom. The van der Waals surface area contributed by atoms with E-state index >= 15 is 0 Å². The van der Waals surface area contributed by atoms with E-state index in [9.17, 15) is 9.18 Å². The predicted octanol–water partition coefficient (Wildman–Crippen LogP) is 3.98. The number of nitrogens with zero attached hydrogens (tertiary/aromatic N) is 2. The summed E-state index contributed by atoms with van der Waals surface area (Å²) < 4.78 is 13.9. The zero-order valence-electron chi connectivity index (χ0n) is 17.1. The summed E-state index contributed by atoms with van der Waals surface area (Å²) in [5, 5.41) is 2.93. The van der Waals surface area contributed by atoms with Crippen molar-refractivity contribution in [1.29, 1.82) is 0 Å². The summed E-state index contributed by atoms with van der Waals surface area (Å²) in [5.41, 5.74) is 2.04. The van der Waals surface area contributed by atoms with Crippen LogP contribution in [-0.2, 0) is 4.79 Å². The maximum atomic E-state index is 13.9. The second kappa shape index (κ2) is 10.6. The number of para-hydroxylation sites is 1.